The van der Waals surface area contributed by atoms with Crippen LogP contribution < -0.4 is 20.1 Å². The maximum Gasteiger partial charge on any atom is 0.339 e. The van der Waals surface area contributed by atoms with Crippen LogP contribution in [-0.4, -0.2) is 43.3 Å². The molecule has 150 valence electrons. The molecule has 0 bridgehead atoms. The van der Waals surface area contributed by atoms with Crippen LogP contribution in [0.1, 0.15) is 10.4 Å². The number of carbonyl (C=O) groups is 1. The largest absolute Gasteiger partial charge is 0.497 e. The van der Waals surface area contributed by atoms with E-state index in [0.29, 0.717) is 36.0 Å². The summed E-state index contributed by atoms with van der Waals surface area (Å²) in [7, 11) is 2.97. The normalized spacial score (nSPS) is 10.1. The molecule has 2 aromatic carbocycles. The van der Waals surface area contributed by atoms with Gasteiger partial charge in [0.25, 0.3) is 0 Å². The first-order chi connectivity index (χ1) is 14.2. The molecule has 8 nitrogen and oxygen atoms in total. The molecule has 1 aromatic heterocycles. The van der Waals surface area contributed by atoms with Crippen LogP contribution in [0.4, 0.5) is 17.3 Å². The topological polar surface area (TPSA) is 94.6 Å². The molecule has 0 unspecified atom stereocenters. The van der Waals surface area contributed by atoms with Crippen molar-refractivity contribution in [3.8, 4) is 11.5 Å². The highest BCUT2D eigenvalue weighted by Gasteiger charge is 2.11. The molecular weight excluding hydrogens is 372 g/mol. The van der Waals surface area contributed by atoms with E-state index in [1.165, 1.54) is 13.4 Å². The molecule has 0 aliphatic carbocycles. The monoisotopic (exact) mass is 394 g/mol. The van der Waals surface area contributed by atoms with Crippen LogP contribution >= 0.6 is 0 Å². The Morgan fingerprint density at radius 3 is 2.45 bits per heavy atom. The molecule has 0 aliphatic heterocycles. The summed E-state index contributed by atoms with van der Waals surface area (Å²) >= 11 is 0. The summed E-state index contributed by atoms with van der Waals surface area (Å²) in [6.45, 7) is 1.02. The molecular formula is C21H22N4O4. The highest BCUT2D eigenvalue weighted by molar-refractivity contribution is 5.96. The summed E-state index contributed by atoms with van der Waals surface area (Å²) in [5.74, 6) is 2.31. The first-order valence-corrected chi connectivity index (χ1v) is 8.96. The fourth-order valence-electron chi connectivity index (χ4n) is 2.56. The van der Waals surface area contributed by atoms with Crippen LogP contribution in [0.2, 0.25) is 0 Å². The van der Waals surface area contributed by atoms with Gasteiger partial charge in [0.15, 0.2) is 0 Å². The Morgan fingerprint density at radius 1 is 0.966 bits per heavy atom. The van der Waals surface area contributed by atoms with Gasteiger partial charge in [-0.25, -0.2) is 14.8 Å². The minimum atomic E-state index is -0.420. The van der Waals surface area contributed by atoms with Crippen LogP contribution in [-0.2, 0) is 4.74 Å². The van der Waals surface area contributed by atoms with E-state index in [2.05, 4.69) is 20.6 Å². The summed E-state index contributed by atoms with van der Waals surface area (Å²) < 4.78 is 15.6. The van der Waals surface area contributed by atoms with Gasteiger partial charge in [-0.15, -0.1) is 0 Å². The second-order valence-corrected chi connectivity index (χ2v) is 5.90. The Hall–Kier alpha value is -3.81. The first kappa shape index (κ1) is 19.9. The summed E-state index contributed by atoms with van der Waals surface area (Å²) in [6, 6.07) is 16.2. The van der Waals surface area contributed by atoms with Crippen LogP contribution in [0.3, 0.4) is 0 Å². The first-order valence-electron chi connectivity index (χ1n) is 8.96. The van der Waals surface area contributed by atoms with Crippen molar-refractivity contribution in [2.24, 2.45) is 0 Å². The molecule has 0 amide bonds. The number of para-hydroxylation sites is 1. The maximum atomic E-state index is 11.9. The number of benzene rings is 2. The zero-order valence-corrected chi connectivity index (χ0v) is 16.2. The molecule has 3 rings (SSSR count). The Bertz CT molecular complexity index is 947. The minimum Gasteiger partial charge on any atom is -0.497 e. The number of hydrogen-bond acceptors (Lipinski definition) is 8. The van der Waals surface area contributed by atoms with E-state index in [1.54, 1.807) is 31.4 Å². The van der Waals surface area contributed by atoms with Crippen LogP contribution in [0.5, 0.6) is 11.5 Å². The van der Waals surface area contributed by atoms with E-state index < -0.39 is 5.97 Å². The van der Waals surface area contributed by atoms with E-state index >= 15 is 0 Å². The van der Waals surface area contributed by atoms with Gasteiger partial charge in [-0.2, -0.15) is 0 Å². The number of ether oxygens (including phenoxy) is 3. The van der Waals surface area contributed by atoms with Crippen LogP contribution in [0.25, 0.3) is 0 Å². The lowest BCUT2D eigenvalue weighted by atomic mass is 10.2. The fourth-order valence-corrected chi connectivity index (χ4v) is 2.56. The third-order valence-electron chi connectivity index (χ3n) is 4.00. The third kappa shape index (κ3) is 5.58. The number of anilines is 3. The number of nitrogens with zero attached hydrogens (tertiary/aromatic N) is 2. The molecule has 0 atom stereocenters. The van der Waals surface area contributed by atoms with E-state index in [4.69, 9.17) is 14.2 Å². The Kier molecular flexibility index (Phi) is 6.83. The lowest BCUT2D eigenvalue weighted by molar-refractivity contribution is 0.0602. The molecule has 0 radical (unpaired) electrons. The predicted molar refractivity (Wildman–Crippen MR) is 110 cm³/mol. The lowest BCUT2D eigenvalue weighted by Crippen LogP contribution is -2.12. The van der Waals surface area contributed by atoms with Crippen molar-refractivity contribution in [2.45, 2.75) is 0 Å². The number of aromatic nitrogens is 2. The number of rotatable bonds is 9. The number of esters is 1. The molecule has 8 heteroatoms. The number of carbonyl (C=O) groups excluding carboxylic acids is 1. The van der Waals surface area contributed by atoms with E-state index in [1.807, 2.05) is 30.3 Å². The molecule has 0 aliphatic rings. The van der Waals surface area contributed by atoms with E-state index in [0.717, 1.165) is 11.5 Å². The zero-order chi connectivity index (χ0) is 20.5. The molecule has 0 spiro atoms. The third-order valence-corrected chi connectivity index (χ3v) is 4.00. The second kappa shape index (κ2) is 9.93. The van der Waals surface area contributed by atoms with Gasteiger partial charge in [-0.1, -0.05) is 12.1 Å². The van der Waals surface area contributed by atoms with Gasteiger partial charge in [0, 0.05) is 6.07 Å². The maximum absolute atomic E-state index is 11.9. The molecule has 2 N–H and O–H groups in total. The molecule has 0 fully saturated rings. The van der Waals surface area contributed by atoms with Crippen molar-refractivity contribution in [3.63, 3.8) is 0 Å². The van der Waals surface area contributed by atoms with Crippen molar-refractivity contribution in [1.82, 2.24) is 9.97 Å². The molecule has 0 saturated carbocycles. The van der Waals surface area contributed by atoms with Gasteiger partial charge in [-0.3, -0.25) is 0 Å². The van der Waals surface area contributed by atoms with Crippen molar-refractivity contribution in [1.29, 1.82) is 0 Å². The van der Waals surface area contributed by atoms with E-state index in [-0.39, 0.29) is 0 Å². The Balaban J connectivity index is 1.55. The summed E-state index contributed by atoms with van der Waals surface area (Å²) in [6.07, 6.45) is 1.44. The van der Waals surface area contributed by atoms with Crippen molar-refractivity contribution in [2.75, 3.05) is 38.0 Å². The van der Waals surface area contributed by atoms with Gasteiger partial charge < -0.3 is 24.8 Å². The smallest absolute Gasteiger partial charge is 0.339 e. The summed E-state index contributed by atoms with van der Waals surface area (Å²) in [5, 5.41) is 6.30. The SMILES string of the molecule is COC(=O)c1ccccc1Nc1cc(NCCOc2ccc(OC)cc2)ncn1. The quantitative estimate of drug-likeness (QED) is 0.421. The summed E-state index contributed by atoms with van der Waals surface area (Å²) in [4.78, 5) is 20.3. The van der Waals surface area contributed by atoms with Gasteiger partial charge in [-0.05, 0) is 36.4 Å². The van der Waals surface area contributed by atoms with Crippen molar-refractivity contribution >= 4 is 23.3 Å². The molecule has 3 aromatic rings. The van der Waals surface area contributed by atoms with Crippen molar-refractivity contribution < 1.29 is 19.0 Å². The number of hydrogen-bond donors (Lipinski definition) is 2. The van der Waals surface area contributed by atoms with Crippen molar-refractivity contribution in [3.05, 3.63) is 66.5 Å². The molecule has 1 heterocycles. The van der Waals surface area contributed by atoms with Crippen LogP contribution in [0.15, 0.2) is 60.9 Å². The van der Waals surface area contributed by atoms with Gasteiger partial charge >= 0.3 is 5.97 Å². The summed E-state index contributed by atoms with van der Waals surface area (Å²) in [5.41, 5.74) is 1.03. The number of methoxy groups -OCH3 is 2. The van der Waals surface area contributed by atoms with E-state index in [9.17, 15) is 4.79 Å². The van der Waals surface area contributed by atoms with Gasteiger partial charge in [0.05, 0.1) is 32.0 Å². The number of nitrogens with one attached hydrogen (secondary N) is 2. The Morgan fingerprint density at radius 2 is 1.69 bits per heavy atom. The molecule has 29 heavy (non-hydrogen) atoms. The predicted octanol–water partition coefficient (Wildman–Crippen LogP) is 3.51. The zero-order valence-electron chi connectivity index (χ0n) is 16.2. The van der Waals surface area contributed by atoms with Crippen LogP contribution in [0, 0.1) is 0 Å². The molecule has 0 saturated heterocycles. The Labute approximate surface area is 168 Å². The fraction of sp³-hybridized carbons (Fsp3) is 0.190. The standard InChI is InChI=1S/C21H22N4O4/c1-27-15-7-9-16(10-8-15)29-12-11-22-19-13-20(24-14-23-19)25-18-6-4-3-5-17(18)21(26)28-2/h3-10,13-14H,11-12H2,1-2H3,(H2,22,23,24,25). The second-order valence-electron chi connectivity index (χ2n) is 5.90. The minimum absolute atomic E-state index is 0.420. The average Bonchev–Trinajstić information content (AvgIpc) is 2.77. The highest BCUT2D eigenvalue weighted by atomic mass is 16.5. The average molecular weight is 394 g/mol. The van der Waals surface area contributed by atoms with Gasteiger partial charge in [0.1, 0.15) is 36.1 Å². The van der Waals surface area contributed by atoms with Gasteiger partial charge in [0.2, 0.25) is 0 Å². The lowest BCUT2D eigenvalue weighted by Gasteiger charge is -2.11. The highest BCUT2D eigenvalue weighted by Crippen LogP contribution is 2.21.